The molecule has 0 atom stereocenters. The van der Waals surface area contributed by atoms with E-state index in [4.69, 9.17) is 11.6 Å². The number of carbonyl (C=O) groups is 2. The number of aromatic amines is 2. The minimum atomic E-state index is -0.301. The zero-order valence-corrected chi connectivity index (χ0v) is 15.1. The predicted octanol–water partition coefficient (Wildman–Crippen LogP) is 4.78. The van der Waals surface area contributed by atoms with Gasteiger partial charge in [-0.15, -0.1) is 0 Å². The lowest BCUT2D eigenvalue weighted by Gasteiger charge is -2.09. The fourth-order valence-corrected chi connectivity index (χ4v) is 4.13. The lowest BCUT2D eigenvalue weighted by molar-refractivity contribution is 0.0959. The van der Waals surface area contributed by atoms with E-state index in [1.165, 1.54) is 0 Å². The molecule has 0 spiro atoms. The molecule has 132 valence electrons. The van der Waals surface area contributed by atoms with Crippen molar-refractivity contribution in [2.45, 2.75) is 0 Å². The van der Waals surface area contributed by atoms with Crippen LogP contribution in [0.5, 0.6) is 0 Å². The molecule has 0 radical (unpaired) electrons. The zero-order valence-electron chi connectivity index (χ0n) is 14.3. The summed E-state index contributed by atoms with van der Waals surface area (Å²) in [5.74, 6) is -0.301. The Morgan fingerprint density at radius 3 is 2.44 bits per heavy atom. The normalized spacial score (nSPS) is 11.6. The van der Waals surface area contributed by atoms with E-state index in [-0.39, 0.29) is 5.91 Å². The first-order valence-corrected chi connectivity index (χ1v) is 8.86. The van der Waals surface area contributed by atoms with Gasteiger partial charge in [-0.05, 0) is 24.3 Å². The average Bonchev–Trinajstić information content (AvgIpc) is 3.25. The Balaban J connectivity index is 2.16. The second-order valence-electron chi connectivity index (χ2n) is 6.47. The molecular formula is C21H14ClN3O2. The Kier molecular flexibility index (Phi) is 3.29. The van der Waals surface area contributed by atoms with Crippen molar-refractivity contribution in [1.82, 2.24) is 15.3 Å². The number of H-pyrrole nitrogens is 2. The van der Waals surface area contributed by atoms with Crippen LogP contribution in [0.4, 0.5) is 0 Å². The van der Waals surface area contributed by atoms with Gasteiger partial charge in [0.15, 0.2) is 6.29 Å². The number of rotatable bonds is 2. The maximum atomic E-state index is 12.8. The summed E-state index contributed by atoms with van der Waals surface area (Å²) in [5, 5.41) is 6.37. The fourth-order valence-electron chi connectivity index (χ4n) is 3.96. The second kappa shape index (κ2) is 5.59. The summed E-state index contributed by atoms with van der Waals surface area (Å²) >= 11 is 6.19. The molecule has 3 N–H and O–H groups in total. The molecular weight excluding hydrogens is 362 g/mol. The van der Waals surface area contributed by atoms with Crippen LogP contribution in [-0.4, -0.2) is 29.2 Å². The van der Waals surface area contributed by atoms with E-state index in [0.717, 1.165) is 44.5 Å². The third kappa shape index (κ3) is 2.06. The van der Waals surface area contributed by atoms with E-state index < -0.39 is 0 Å². The molecule has 6 heteroatoms. The van der Waals surface area contributed by atoms with E-state index in [1.807, 2.05) is 36.4 Å². The molecule has 3 aromatic carbocycles. The van der Waals surface area contributed by atoms with Gasteiger partial charge in [-0.2, -0.15) is 0 Å². The smallest absolute Gasteiger partial charge is 0.252 e. The Morgan fingerprint density at radius 1 is 1.00 bits per heavy atom. The van der Waals surface area contributed by atoms with Gasteiger partial charge in [0.1, 0.15) is 0 Å². The molecule has 0 fully saturated rings. The van der Waals surface area contributed by atoms with Crippen molar-refractivity contribution in [2.24, 2.45) is 0 Å². The third-order valence-electron chi connectivity index (χ3n) is 5.08. The highest BCUT2D eigenvalue weighted by molar-refractivity contribution is 6.34. The summed E-state index contributed by atoms with van der Waals surface area (Å²) in [5.41, 5.74) is 4.06. The van der Waals surface area contributed by atoms with Gasteiger partial charge in [0, 0.05) is 50.2 Å². The first kappa shape index (κ1) is 15.9. The van der Waals surface area contributed by atoms with E-state index in [0.29, 0.717) is 21.5 Å². The summed E-state index contributed by atoms with van der Waals surface area (Å²) in [6.07, 6.45) is 0.752. The SMILES string of the molecule is CNC(=O)c1c(C=O)c2c3cc(Cl)ccc3[nH]c2c2[nH]c3ccccc3c12. The fraction of sp³-hybridized carbons (Fsp3) is 0.0476. The maximum Gasteiger partial charge on any atom is 0.252 e. The number of nitrogens with one attached hydrogen (secondary N) is 3. The van der Waals surface area contributed by atoms with Gasteiger partial charge in [0.25, 0.3) is 5.91 Å². The van der Waals surface area contributed by atoms with Crippen molar-refractivity contribution in [3.05, 3.63) is 58.6 Å². The van der Waals surface area contributed by atoms with Gasteiger partial charge in [-0.1, -0.05) is 29.8 Å². The van der Waals surface area contributed by atoms with Crippen LogP contribution < -0.4 is 5.32 Å². The highest BCUT2D eigenvalue weighted by Crippen LogP contribution is 2.40. The number of fused-ring (bicyclic) bond motifs is 7. The highest BCUT2D eigenvalue weighted by atomic mass is 35.5. The molecule has 0 unspecified atom stereocenters. The molecule has 1 amide bonds. The van der Waals surface area contributed by atoms with Gasteiger partial charge in [0.2, 0.25) is 0 Å². The van der Waals surface area contributed by atoms with Crippen LogP contribution in [0.15, 0.2) is 42.5 Å². The number of aromatic nitrogens is 2. The molecule has 5 rings (SSSR count). The molecule has 2 aromatic heterocycles. The van der Waals surface area contributed by atoms with E-state index >= 15 is 0 Å². The summed E-state index contributed by atoms with van der Waals surface area (Å²) in [6.45, 7) is 0. The molecule has 5 nitrogen and oxygen atoms in total. The number of aldehydes is 1. The molecule has 0 saturated heterocycles. The van der Waals surface area contributed by atoms with E-state index in [1.54, 1.807) is 13.1 Å². The standard InChI is InChI=1S/C21H14ClN3O2/c1-23-21(27)18-13(9-26)16-12-8-10(22)6-7-15(12)25-19(16)20-17(18)11-4-2-3-5-14(11)24-20/h2-9,24-25H,1H3,(H,23,27). The largest absolute Gasteiger partial charge is 0.355 e. The van der Waals surface area contributed by atoms with Crippen molar-refractivity contribution < 1.29 is 9.59 Å². The number of benzene rings is 3. The van der Waals surface area contributed by atoms with Crippen molar-refractivity contribution in [3.63, 3.8) is 0 Å². The number of halogens is 1. The first-order chi connectivity index (χ1) is 13.1. The Hall–Kier alpha value is -3.31. The van der Waals surface area contributed by atoms with Gasteiger partial charge in [-0.3, -0.25) is 9.59 Å². The van der Waals surface area contributed by atoms with Crippen molar-refractivity contribution >= 4 is 67.4 Å². The number of carbonyl (C=O) groups excluding carboxylic acids is 2. The molecule has 0 bridgehead atoms. The molecule has 0 saturated carbocycles. The third-order valence-corrected chi connectivity index (χ3v) is 5.31. The van der Waals surface area contributed by atoms with Crippen LogP contribution in [-0.2, 0) is 0 Å². The quantitative estimate of drug-likeness (QED) is 0.388. The molecule has 0 aliphatic rings. The zero-order chi connectivity index (χ0) is 18.7. The number of hydrogen-bond acceptors (Lipinski definition) is 2. The number of amides is 1. The van der Waals surface area contributed by atoms with E-state index in [2.05, 4.69) is 15.3 Å². The second-order valence-corrected chi connectivity index (χ2v) is 6.91. The predicted molar refractivity (Wildman–Crippen MR) is 109 cm³/mol. The van der Waals surface area contributed by atoms with Gasteiger partial charge >= 0.3 is 0 Å². The topological polar surface area (TPSA) is 77.8 Å². The lowest BCUT2D eigenvalue weighted by Crippen LogP contribution is -2.20. The van der Waals surface area contributed by atoms with Gasteiger partial charge < -0.3 is 15.3 Å². The number of para-hydroxylation sites is 1. The first-order valence-electron chi connectivity index (χ1n) is 8.48. The maximum absolute atomic E-state index is 12.8. The summed E-state index contributed by atoms with van der Waals surface area (Å²) < 4.78 is 0. The van der Waals surface area contributed by atoms with Crippen molar-refractivity contribution in [3.8, 4) is 0 Å². The molecule has 27 heavy (non-hydrogen) atoms. The summed E-state index contributed by atoms with van der Waals surface area (Å²) in [4.78, 5) is 31.7. The Morgan fingerprint density at radius 2 is 1.70 bits per heavy atom. The van der Waals surface area contributed by atoms with Gasteiger partial charge in [-0.25, -0.2) is 0 Å². The van der Waals surface area contributed by atoms with E-state index in [9.17, 15) is 9.59 Å². The van der Waals surface area contributed by atoms with Gasteiger partial charge in [0.05, 0.1) is 16.6 Å². The minimum Gasteiger partial charge on any atom is -0.355 e. The van der Waals surface area contributed by atoms with Crippen molar-refractivity contribution in [2.75, 3.05) is 7.05 Å². The summed E-state index contributed by atoms with van der Waals surface area (Å²) in [6, 6.07) is 13.2. The van der Waals surface area contributed by atoms with Crippen LogP contribution >= 0.6 is 11.6 Å². The van der Waals surface area contributed by atoms with Crippen molar-refractivity contribution in [1.29, 1.82) is 0 Å². The minimum absolute atomic E-state index is 0.301. The van der Waals surface area contributed by atoms with Crippen LogP contribution in [0.25, 0.3) is 43.6 Å². The molecule has 0 aliphatic heterocycles. The summed E-state index contributed by atoms with van der Waals surface area (Å²) in [7, 11) is 1.56. The monoisotopic (exact) mass is 375 g/mol. The van der Waals surface area contributed by atoms with Crippen LogP contribution in [0, 0.1) is 0 Å². The highest BCUT2D eigenvalue weighted by Gasteiger charge is 2.24. The molecule has 5 aromatic rings. The molecule has 2 heterocycles. The Bertz CT molecular complexity index is 1410. The average molecular weight is 376 g/mol. The Labute approximate surface area is 158 Å². The number of hydrogen-bond donors (Lipinski definition) is 3. The van der Waals surface area contributed by atoms with Crippen LogP contribution in [0.1, 0.15) is 20.7 Å². The lowest BCUT2D eigenvalue weighted by atomic mass is 9.95. The van der Waals surface area contributed by atoms with Crippen LogP contribution in [0.2, 0.25) is 5.02 Å². The van der Waals surface area contributed by atoms with Crippen LogP contribution in [0.3, 0.4) is 0 Å². The molecule has 0 aliphatic carbocycles.